The smallest absolute Gasteiger partial charge is 0.373 e. The van der Waals surface area contributed by atoms with Crippen LogP contribution in [0.25, 0.3) is 0 Å². The molecule has 0 amide bonds. The Balaban J connectivity index is 2.36. The van der Waals surface area contributed by atoms with Crippen LogP contribution >= 0.6 is 7.82 Å². The maximum absolute atomic E-state index is 11.4. The van der Waals surface area contributed by atoms with Crippen molar-refractivity contribution >= 4 is 7.82 Å². The fraction of sp³-hybridized carbons (Fsp3) is 0.400. The van der Waals surface area contributed by atoms with Gasteiger partial charge in [-0.2, -0.15) is 0 Å². The van der Waals surface area contributed by atoms with E-state index in [4.69, 9.17) is 13.7 Å². The van der Waals surface area contributed by atoms with E-state index in [0.717, 1.165) is 11.3 Å². The van der Waals surface area contributed by atoms with Gasteiger partial charge in [-0.05, 0) is 6.92 Å². The lowest BCUT2D eigenvalue weighted by atomic mass is 10.3. The molecule has 2 aliphatic rings. The Morgan fingerprint density at radius 1 is 1.67 bits per heavy atom. The molecule has 0 saturated carbocycles. The van der Waals surface area contributed by atoms with Crippen molar-refractivity contribution in [1.82, 2.24) is 9.94 Å². The third kappa shape index (κ3) is 0.599. The lowest BCUT2D eigenvalue weighted by Crippen LogP contribution is -2.20. The highest BCUT2D eigenvalue weighted by atomic mass is 31.2. The van der Waals surface area contributed by atoms with Gasteiger partial charge in [-0.3, -0.25) is 9.15 Å². The predicted octanol–water partition coefficient (Wildman–Crippen LogP) is 0.651. The summed E-state index contributed by atoms with van der Waals surface area (Å²) in [7, 11) is -3.36. The molecule has 3 heterocycles. The van der Waals surface area contributed by atoms with E-state index in [9.17, 15) is 4.57 Å². The number of phosphoric acid groups is 1. The molecule has 3 rings (SSSR count). The van der Waals surface area contributed by atoms with E-state index in [0.29, 0.717) is 5.88 Å². The normalized spacial score (nSPS) is 29.8. The first-order chi connectivity index (χ1) is 5.68. The number of rotatable bonds is 0. The largest absolute Gasteiger partial charge is 0.610 e. The number of fused-ring (bicyclic) bond motifs is 2. The molecule has 3 bridgehead atoms. The predicted molar refractivity (Wildman–Crippen MR) is 36.6 cm³/mol. The highest BCUT2D eigenvalue weighted by Crippen LogP contribution is 2.55. The Labute approximate surface area is 67.6 Å². The Morgan fingerprint density at radius 2 is 2.50 bits per heavy atom. The molecule has 0 spiro atoms. The highest BCUT2D eigenvalue weighted by Gasteiger charge is 2.45. The van der Waals surface area contributed by atoms with E-state index in [1.54, 1.807) is 6.92 Å². The minimum absolute atomic E-state index is 0.248. The minimum atomic E-state index is -3.36. The van der Waals surface area contributed by atoms with Crippen LogP contribution in [0.5, 0.6) is 5.88 Å². The van der Waals surface area contributed by atoms with Crippen LogP contribution in [0.15, 0.2) is 0 Å². The molecule has 0 fully saturated rings. The van der Waals surface area contributed by atoms with Crippen molar-refractivity contribution in [2.24, 2.45) is 0 Å². The first-order valence-corrected chi connectivity index (χ1v) is 4.87. The number of hydrogen-bond acceptors (Lipinski definition) is 5. The van der Waals surface area contributed by atoms with Gasteiger partial charge in [0, 0.05) is 0 Å². The molecule has 0 radical (unpaired) electrons. The molecule has 1 aromatic heterocycles. The second kappa shape index (κ2) is 1.67. The van der Waals surface area contributed by atoms with Crippen molar-refractivity contribution in [3.8, 4) is 5.88 Å². The lowest BCUT2D eigenvalue weighted by Gasteiger charge is -2.21. The van der Waals surface area contributed by atoms with Crippen LogP contribution in [0.2, 0.25) is 0 Å². The standard InChI is InChI=1S/C5H5N2O4P/c1-3-4-2-9-12(8)10-5(4)6-7(3)11-12/h2H2,1H3. The Hall–Kier alpha value is -1.00. The van der Waals surface area contributed by atoms with Gasteiger partial charge in [-0.15, -0.1) is 0 Å². The third-order valence-corrected chi connectivity index (χ3v) is 3.10. The molecular formula is C5H5N2O4P. The van der Waals surface area contributed by atoms with E-state index in [1.165, 1.54) is 4.85 Å². The summed E-state index contributed by atoms with van der Waals surface area (Å²) in [5, 5.41) is 3.88. The van der Waals surface area contributed by atoms with Crippen LogP contribution in [0, 0.1) is 6.92 Å². The van der Waals surface area contributed by atoms with Gasteiger partial charge in [-0.25, -0.2) is 4.57 Å². The van der Waals surface area contributed by atoms with Crippen LogP contribution in [0.4, 0.5) is 0 Å². The molecule has 1 atom stereocenters. The molecule has 2 aliphatic heterocycles. The second-order valence-corrected chi connectivity index (χ2v) is 4.13. The fourth-order valence-electron chi connectivity index (χ4n) is 1.22. The molecule has 0 saturated heterocycles. The summed E-state index contributed by atoms with van der Waals surface area (Å²) in [5.41, 5.74) is 1.58. The van der Waals surface area contributed by atoms with Gasteiger partial charge in [0.25, 0.3) is 5.88 Å². The van der Waals surface area contributed by atoms with E-state index in [1.807, 2.05) is 0 Å². The van der Waals surface area contributed by atoms with Crippen LogP contribution in [0.1, 0.15) is 11.3 Å². The van der Waals surface area contributed by atoms with Gasteiger partial charge in [0.1, 0.15) is 0 Å². The Morgan fingerprint density at radius 3 is 3.33 bits per heavy atom. The molecule has 0 aliphatic carbocycles. The summed E-state index contributed by atoms with van der Waals surface area (Å²) in [6.07, 6.45) is 0. The molecule has 0 N–H and O–H groups in total. The van der Waals surface area contributed by atoms with Crippen molar-refractivity contribution < 1.29 is 18.2 Å². The molecule has 0 aromatic carbocycles. The fourth-order valence-corrected chi connectivity index (χ4v) is 2.35. The van der Waals surface area contributed by atoms with E-state index in [2.05, 4.69) is 5.10 Å². The van der Waals surface area contributed by atoms with Crippen molar-refractivity contribution in [2.75, 3.05) is 0 Å². The maximum atomic E-state index is 11.4. The number of nitrogens with zero attached hydrogens (tertiary/aromatic N) is 2. The molecular weight excluding hydrogens is 183 g/mol. The molecule has 64 valence electrons. The van der Waals surface area contributed by atoms with E-state index in [-0.39, 0.29) is 6.61 Å². The van der Waals surface area contributed by atoms with Gasteiger partial charge >= 0.3 is 7.82 Å². The summed E-state index contributed by atoms with van der Waals surface area (Å²) in [6, 6.07) is 0. The molecule has 7 heteroatoms. The lowest BCUT2D eigenvalue weighted by molar-refractivity contribution is 0.0958. The molecule has 1 aromatic rings. The monoisotopic (exact) mass is 188 g/mol. The number of phosphoric ester groups is 1. The van der Waals surface area contributed by atoms with Gasteiger partial charge in [0.2, 0.25) is 0 Å². The average Bonchev–Trinajstić information content (AvgIpc) is 2.16. The summed E-state index contributed by atoms with van der Waals surface area (Å²) in [4.78, 5) is 1.20. The van der Waals surface area contributed by atoms with E-state index >= 15 is 0 Å². The molecule has 1 unspecified atom stereocenters. The first kappa shape index (κ1) is 6.51. The second-order valence-electron chi connectivity index (χ2n) is 2.64. The van der Waals surface area contributed by atoms with Gasteiger partial charge in [0.05, 0.1) is 17.9 Å². The van der Waals surface area contributed by atoms with Crippen molar-refractivity contribution in [3.63, 3.8) is 0 Å². The summed E-state index contributed by atoms with van der Waals surface area (Å²) >= 11 is 0. The quantitative estimate of drug-likeness (QED) is 0.559. The molecule has 6 nitrogen and oxygen atoms in total. The first-order valence-electron chi connectivity index (χ1n) is 3.41. The van der Waals surface area contributed by atoms with E-state index < -0.39 is 7.82 Å². The Kier molecular flexibility index (Phi) is 0.908. The molecule has 12 heavy (non-hydrogen) atoms. The van der Waals surface area contributed by atoms with Gasteiger partial charge in [-0.1, -0.05) is 9.94 Å². The topological polar surface area (TPSA) is 62.6 Å². The van der Waals surface area contributed by atoms with Crippen molar-refractivity contribution in [2.45, 2.75) is 13.5 Å². The summed E-state index contributed by atoms with van der Waals surface area (Å²) in [6.45, 7) is 2.05. The average molecular weight is 188 g/mol. The summed E-state index contributed by atoms with van der Waals surface area (Å²) in [5.74, 6) is 0.369. The third-order valence-electron chi connectivity index (χ3n) is 1.91. The number of hydrogen-bond donors (Lipinski definition) is 0. The van der Waals surface area contributed by atoms with Crippen LogP contribution < -0.4 is 9.15 Å². The zero-order chi connectivity index (χ0) is 8.34. The van der Waals surface area contributed by atoms with Crippen molar-refractivity contribution in [1.29, 1.82) is 0 Å². The van der Waals surface area contributed by atoms with Gasteiger partial charge in [0.15, 0.2) is 0 Å². The zero-order valence-corrected chi connectivity index (χ0v) is 7.08. The van der Waals surface area contributed by atoms with Crippen molar-refractivity contribution in [3.05, 3.63) is 11.3 Å². The number of aromatic nitrogens is 2. The summed E-state index contributed by atoms with van der Waals surface area (Å²) < 4.78 is 26.1. The SMILES string of the molecule is Cc1c2c3nn1OP(=O)(OC2)O3. The van der Waals surface area contributed by atoms with Crippen LogP contribution in [-0.2, 0) is 15.7 Å². The van der Waals surface area contributed by atoms with Gasteiger partial charge < -0.3 is 4.52 Å². The minimum Gasteiger partial charge on any atom is -0.373 e. The highest BCUT2D eigenvalue weighted by molar-refractivity contribution is 7.49. The van der Waals surface area contributed by atoms with Crippen LogP contribution in [0.3, 0.4) is 0 Å². The maximum Gasteiger partial charge on any atom is 0.610 e. The zero-order valence-electron chi connectivity index (χ0n) is 6.18. The Bertz CT molecular complexity index is 412. The van der Waals surface area contributed by atoms with Crippen LogP contribution in [-0.4, -0.2) is 9.94 Å².